The van der Waals surface area contributed by atoms with E-state index in [9.17, 15) is 35.7 Å². The predicted molar refractivity (Wildman–Crippen MR) is 78.5 cm³/mol. The van der Waals surface area contributed by atoms with Crippen LogP contribution in [0.2, 0.25) is 0 Å². The lowest BCUT2D eigenvalue weighted by Crippen LogP contribution is -2.60. The minimum atomic E-state index is -1.74. The molecule has 7 N–H and O–H groups in total. The number of ether oxygens (including phenoxy) is 3. The van der Waals surface area contributed by atoms with Gasteiger partial charge in [0.25, 0.3) is 0 Å². The normalized spacial score (nSPS) is 55.7. The fraction of sp³-hybridized carbons (Fsp3) is 0.867. The average Bonchev–Trinajstić information content (AvgIpc) is 2.77. The molecular formula is C15H24O10. The molecule has 3 rings (SSSR count). The van der Waals surface area contributed by atoms with Gasteiger partial charge >= 0.3 is 0 Å². The monoisotopic (exact) mass is 364 g/mol. The number of hydrogen-bond acceptors (Lipinski definition) is 10. The van der Waals surface area contributed by atoms with Crippen molar-refractivity contribution in [2.24, 2.45) is 11.8 Å². The SMILES string of the molecule is C[C@@]1(O)[C@H]2[C@H](O[C@H]3O[C@H](CO)[C@@H](O)[C@H](O)[C@@H]3O)OC=C[C@@H]2[C@@H](O)[C@@H]1O. The number of aliphatic hydroxyl groups excluding tert-OH is 6. The number of rotatable bonds is 3. The zero-order valence-electron chi connectivity index (χ0n) is 13.5. The first-order valence-corrected chi connectivity index (χ1v) is 8.06. The third-order valence-corrected chi connectivity index (χ3v) is 5.33. The van der Waals surface area contributed by atoms with Crippen molar-refractivity contribution in [3.05, 3.63) is 12.3 Å². The Morgan fingerprint density at radius 1 is 1.00 bits per heavy atom. The van der Waals surface area contributed by atoms with Crippen LogP contribution in [0.4, 0.5) is 0 Å². The van der Waals surface area contributed by atoms with Crippen molar-refractivity contribution in [1.29, 1.82) is 0 Å². The first-order valence-electron chi connectivity index (χ1n) is 8.06. The van der Waals surface area contributed by atoms with Gasteiger partial charge in [0, 0.05) is 5.92 Å². The average molecular weight is 364 g/mol. The van der Waals surface area contributed by atoms with Crippen molar-refractivity contribution in [1.82, 2.24) is 0 Å². The highest BCUT2D eigenvalue weighted by molar-refractivity contribution is 5.14. The molecule has 0 unspecified atom stereocenters. The standard InChI is InChI=1S/C15H24O10/c1-15(22)7-5(8(17)12(15)21)2-3-23-13(7)25-14-11(20)10(19)9(18)6(4-16)24-14/h2-3,5-14,16-22H,4H2,1H3/t5-,6+,7+,8+,9+,10-,11-,12-,13-,14+,15+/m0/s1. The van der Waals surface area contributed by atoms with Crippen LogP contribution < -0.4 is 0 Å². The van der Waals surface area contributed by atoms with Gasteiger partial charge in [0.15, 0.2) is 6.29 Å². The van der Waals surface area contributed by atoms with Crippen LogP contribution in [0.15, 0.2) is 12.3 Å². The lowest BCUT2D eigenvalue weighted by molar-refractivity contribution is -0.346. The van der Waals surface area contributed by atoms with Crippen LogP contribution in [-0.4, -0.2) is 97.2 Å². The van der Waals surface area contributed by atoms with Crippen molar-refractivity contribution >= 4 is 0 Å². The first kappa shape index (κ1) is 19.0. The first-order chi connectivity index (χ1) is 11.7. The van der Waals surface area contributed by atoms with E-state index in [1.165, 1.54) is 19.3 Å². The lowest BCUT2D eigenvalue weighted by atomic mass is 9.84. The molecule has 11 atom stereocenters. The molecule has 3 aliphatic rings. The third kappa shape index (κ3) is 2.97. The molecule has 0 aromatic carbocycles. The zero-order valence-corrected chi connectivity index (χ0v) is 13.5. The molecule has 0 aromatic heterocycles. The van der Waals surface area contributed by atoms with Crippen LogP contribution in [0.3, 0.4) is 0 Å². The minimum Gasteiger partial charge on any atom is -0.472 e. The quantitative estimate of drug-likeness (QED) is 0.265. The summed E-state index contributed by atoms with van der Waals surface area (Å²) in [4.78, 5) is 0. The molecular weight excluding hydrogens is 340 g/mol. The summed E-state index contributed by atoms with van der Waals surface area (Å²) in [5, 5.41) is 69.6. The van der Waals surface area contributed by atoms with Gasteiger partial charge in [-0.1, -0.05) is 0 Å². The van der Waals surface area contributed by atoms with E-state index in [1.54, 1.807) is 0 Å². The van der Waals surface area contributed by atoms with Crippen molar-refractivity contribution in [3.8, 4) is 0 Å². The molecule has 0 radical (unpaired) electrons. The molecule has 0 amide bonds. The molecule has 0 aromatic rings. The van der Waals surface area contributed by atoms with E-state index < -0.39 is 73.2 Å². The number of aliphatic hydroxyl groups is 7. The molecule has 10 nitrogen and oxygen atoms in total. The second-order valence-corrected chi connectivity index (χ2v) is 6.93. The van der Waals surface area contributed by atoms with Gasteiger partial charge in [-0.05, 0) is 13.0 Å². The predicted octanol–water partition coefficient (Wildman–Crippen LogP) is -3.61. The van der Waals surface area contributed by atoms with E-state index in [0.29, 0.717) is 0 Å². The maximum Gasteiger partial charge on any atom is 0.208 e. The summed E-state index contributed by atoms with van der Waals surface area (Å²) in [7, 11) is 0. The Hall–Kier alpha value is -0.820. The van der Waals surface area contributed by atoms with Crippen LogP contribution in [0.1, 0.15) is 6.92 Å². The van der Waals surface area contributed by atoms with E-state index >= 15 is 0 Å². The highest BCUT2D eigenvalue weighted by Gasteiger charge is 2.61. The molecule has 0 bridgehead atoms. The van der Waals surface area contributed by atoms with Crippen molar-refractivity contribution < 1.29 is 50.0 Å². The van der Waals surface area contributed by atoms with Crippen LogP contribution in [-0.2, 0) is 14.2 Å². The smallest absolute Gasteiger partial charge is 0.208 e. The van der Waals surface area contributed by atoms with Crippen molar-refractivity contribution in [3.63, 3.8) is 0 Å². The molecule has 10 heteroatoms. The molecule has 0 spiro atoms. The summed E-state index contributed by atoms with van der Waals surface area (Å²) in [6.45, 7) is 0.717. The Labute approximate surface area is 143 Å². The van der Waals surface area contributed by atoms with Crippen LogP contribution in [0.25, 0.3) is 0 Å². The van der Waals surface area contributed by atoms with E-state index in [2.05, 4.69) is 0 Å². The maximum atomic E-state index is 10.5. The highest BCUT2D eigenvalue weighted by atomic mass is 16.8. The second kappa shape index (κ2) is 6.72. The van der Waals surface area contributed by atoms with Gasteiger partial charge in [-0.2, -0.15) is 0 Å². The highest BCUT2D eigenvalue weighted by Crippen LogP contribution is 2.46. The van der Waals surface area contributed by atoms with Crippen molar-refractivity contribution in [2.75, 3.05) is 6.61 Å². The van der Waals surface area contributed by atoms with E-state index in [0.717, 1.165) is 0 Å². The fourth-order valence-corrected chi connectivity index (χ4v) is 3.77. The second-order valence-electron chi connectivity index (χ2n) is 6.93. The van der Waals surface area contributed by atoms with Gasteiger partial charge in [-0.15, -0.1) is 0 Å². The molecule has 2 fully saturated rings. The molecule has 1 saturated carbocycles. The Kier molecular flexibility index (Phi) is 5.10. The third-order valence-electron chi connectivity index (χ3n) is 5.33. The van der Waals surface area contributed by atoms with Crippen LogP contribution in [0.5, 0.6) is 0 Å². The Morgan fingerprint density at radius 2 is 1.68 bits per heavy atom. The molecule has 144 valence electrons. The Balaban J connectivity index is 1.79. The molecule has 1 aliphatic carbocycles. The van der Waals surface area contributed by atoms with Crippen molar-refractivity contribution in [2.45, 2.75) is 61.7 Å². The van der Waals surface area contributed by atoms with E-state index in [4.69, 9.17) is 14.2 Å². The van der Waals surface area contributed by atoms with E-state index in [1.807, 2.05) is 0 Å². The summed E-state index contributed by atoms with van der Waals surface area (Å²) < 4.78 is 16.1. The summed E-state index contributed by atoms with van der Waals surface area (Å²) in [6, 6.07) is 0. The van der Waals surface area contributed by atoms with Gasteiger partial charge in [-0.3, -0.25) is 0 Å². The van der Waals surface area contributed by atoms with Gasteiger partial charge in [0.1, 0.15) is 30.5 Å². The largest absolute Gasteiger partial charge is 0.472 e. The van der Waals surface area contributed by atoms with Crippen LogP contribution >= 0.6 is 0 Å². The van der Waals surface area contributed by atoms with Crippen LogP contribution in [0, 0.1) is 11.8 Å². The summed E-state index contributed by atoms with van der Waals surface area (Å²) in [6.07, 6.45) is -8.54. The molecule has 2 heterocycles. The summed E-state index contributed by atoms with van der Waals surface area (Å²) >= 11 is 0. The summed E-state index contributed by atoms with van der Waals surface area (Å²) in [5.74, 6) is -1.54. The maximum absolute atomic E-state index is 10.5. The Bertz CT molecular complexity index is 509. The molecule has 1 saturated heterocycles. The lowest BCUT2D eigenvalue weighted by Gasteiger charge is -2.43. The van der Waals surface area contributed by atoms with Gasteiger partial charge in [0.2, 0.25) is 6.29 Å². The number of fused-ring (bicyclic) bond motifs is 1. The zero-order chi connectivity index (χ0) is 18.5. The minimum absolute atomic E-state index is 0.614. The van der Waals surface area contributed by atoms with Gasteiger partial charge in [-0.25, -0.2) is 0 Å². The Morgan fingerprint density at radius 3 is 2.32 bits per heavy atom. The topological polar surface area (TPSA) is 169 Å². The summed E-state index contributed by atoms with van der Waals surface area (Å²) in [5.41, 5.74) is -1.74. The van der Waals surface area contributed by atoms with Gasteiger partial charge < -0.3 is 50.0 Å². The number of hydrogen-bond donors (Lipinski definition) is 7. The molecule has 2 aliphatic heterocycles. The van der Waals surface area contributed by atoms with Gasteiger partial charge in [0.05, 0.1) is 30.5 Å². The fourth-order valence-electron chi connectivity index (χ4n) is 3.77. The van der Waals surface area contributed by atoms with E-state index in [-0.39, 0.29) is 0 Å². The molecule has 25 heavy (non-hydrogen) atoms.